The van der Waals surface area contributed by atoms with E-state index in [1.807, 2.05) is 54.6 Å². The Hall–Kier alpha value is -5.98. The minimum Gasteiger partial charge on any atom is -0.449 e. The molecule has 1 aromatic heterocycles. The fraction of sp³-hybridized carbons (Fsp3) is 0.297. The Kier molecular flexibility index (Phi) is 10.9. The van der Waals surface area contributed by atoms with Gasteiger partial charge >= 0.3 is 6.09 Å². The molecule has 0 aliphatic heterocycles. The number of fused-ring (bicyclic) bond motifs is 3. The molecule has 0 saturated heterocycles. The molecule has 3 atom stereocenters. The summed E-state index contributed by atoms with van der Waals surface area (Å²) in [5, 5.41) is 10.6. The van der Waals surface area contributed by atoms with Crippen molar-refractivity contribution in [2.45, 2.75) is 63.2 Å². The zero-order chi connectivity index (χ0) is 35.8. The van der Waals surface area contributed by atoms with Crippen molar-refractivity contribution in [2.24, 2.45) is 5.73 Å². The van der Waals surface area contributed by atoms with Gasteiger partial charge in [0.05, 0.1) is 6.33 Å². The van der Waals surface area contributed by atoms with Crippen LogP contribution in [0.15, 0.2) is 91.4 Å². The van der Waals surface area contributed by atoms with E-state index in [0.29, 0.717) is 5.69 Å². The lowest BCUT2D eigenvalue weighted by Crippen LogP contribution is -2.62. The smallest absolute Gasteiger partial charge is 0.407 e. The molecule has 0 unspecified atom stereocenters. The molecule has 1 aliphatic carbocycles. The number of aromatic amines is 1. The fourth-order valence-corrected chi connectivity index (χ4v) is 5.84. The molecule has 50 heavy (non-hydrogen) atoms. The number of primary amides is 1. The van der Waals surface area contributed by atoms with Crippen molar-refractivity contribution >= 4 is 29.7 Å². The number of amides is 5. The summed E-state index contributed by atoms with van der Waals surface area (Å²) < 4.78 is 5.69. The maximum Gasteiger partial charge on any atom is 0.407 e. The van der Waals surface area contributed by atoms with Gasteiger partial charge in [-0.15, -0.1) is 0 Å². The van der Waals surface area contributed by atoms with E-state index in [4.69, 9.17) is 10.5 Å². The summed E-state index contributed by atoms with van der Waals surface area (Å²) in [7, 11) is 0. The maximum atomic E-state index is 13.7. The summed E-state index contributed by atoms with van der Waals surface area (Å²) in [6.07, 6.45) is 2.30. The third kappa shape index (κ3) is 8.53. The van der Waals surface area contributed by atoms with Gasteiger partial charge in [0.25, 0.3) is 0 Å². The SMILES string of the molecule is C[C@H](NC(=O)[C@H](Cc1ccccc1)NC(=O)C(C)(C)NC(=O)[C@H](Cc1cnc[nH]1)NC(=O)OCC1c2ccccc2-c2ccccc21)C(N)=O. The van der Waals surface area contributed by atoms with Crippen LogP contribution in [-0.4, -0.2) is 70.0 Å². The molecule has 1 aliphatic rings. The summed E-state index contributed by atoms with van der Waals surface area (Å²) in [6, 6.07) is 21.7. The Balaban J connectivity index is 1.26. The molecular formula is C37H41N7O6. The molecule has 5 rings (SSSR count). The Morgan fingerprint density at radius 1 is 0.820 bits per heavy atom. The number of rotatable bonds is 14. The third-order valence-electron chi connectivity index (χ3n) is 8.62. The first kappa shape index (κ1) is 35.3. The van der Waals surface area contributed by atoms with Gasteiger partial charge in [0.2, 0.25) is 23.6 Å². The zero-order valence-corrected chi connectivity index (χ0v) is 28.1. The minimum atomic E-state index is -1.54. The number of carbonyl (C=O) groups excluding carboxylic acids is 5. The first-order chi connectivity index (χ1) is 23.9. The first-order valence-corrected chi connectivity index (χ1v) is 16.3. The number of hydrogen-bond donors (Lipinski definition) is 6. The van der Waals surface area contributed by atoms with Crippen molar-refractivity contribution < 1.29 is 28.7 Å². The van der Waals surface area contributed by atoms with Gasteiger partial charge in [-0.2, -0.15) is 0 Å². The van der Waals surface area contributed by atoms with E-state index >= 15 is 0 Å². The highest BCUT2D eigenvalue weighted by Crippen LogP contribution is 2.44. The molecule has 0 radical (unpaired) electrons. The van der Waals surface area contributed by atoms with Gasteiger partial charge in [0.15, 0.2) is 0 Å². The number of carbonyl (C=O) groups is 5. The lowest BCUT2D eigenvalue weighted by Gasteiger charge is -2.30. The number of H-pyrrole nitrogens is 1. The highest BCUT2D eigenvalue weighted by Gasteiger charge is 2.36. The topological polar surface area (TPSA) is 197 Å². The number of hydrogen-bond acceptors (Lipinski definition) is 7. The van der Waals surface area contributed by atoms with Gasteiger partial charge in [-0.3, -0.25) is 19.2 Å². The molecule has 3 aromatic carbocycles. The van der Waals surface area contributed by atoms with E-state index in [0.717, 1.165) is 27.8 Å². The van der Waals surface area contributed by atoms with E-state index in [-0.39, 0.29) is 25.4 Å². The van der Waals surface area contributed by atoms with Crippen LogP contribution in [-0.2, 0) is 36.8 Å². The van der Waals surface area contributed by atoms with Gasteiger partial charge in [0, 0.05) is 30.7 Å². The van der Waals surface area contributed by atoms with Gasteiger partial charge in [-0.05, 0) is 48.6 Å². The molecule has 0 fully saturated rings. The Morgan fingerprint density at radius 3 is 2.02 bits per heavy atom. The van der Waals surface area contributed by atoms with Crippen molar-refractivity contribution in [3.8, 4) is 11.1 Å². The average Bonchev–Trinajstić information content (AvgIpc) is 3.73. The summed E-state index contributed by atoms with van der Waals surface area (Å²) in [5.41, 5.74) is 9.36. The number of nitrogens with zero attached hydrogens (tertiary/aromatic N) is 1. The standard InChI is InChI=1S/C37H41N7O6/c1-22(32(38)45)41-33(46)30(17-23-11-5-4-6-12-23)42-35(48)37(2,3)44-34(47)31(18-24-19-39-21-40-24)43-36(49)50-20-29-27-15-9-7-13-25(27)26-14-8-10-16-28(26)29/h4-16,19,21-22,29-31H,17-18,20H2,1-3H3,(H2,38,45)(H,39,40)(H,41,46)(H,42,48)(H,43,49)(H,44,47)/t22-,30-,31-/m0/s1. The summed E-state index contributed by atoms with van der Waals surface area (Å²) in [6.45, 7) is 4.44. The number of ether oxygens (including phenoxy) is 1. The van der Waals surface area contributed by atoms with Gasteiger partial charge in [-0.1, -0.05) is 78.9 Å². The summed E-state index contributed by atoms with van der Waals surface area (Å²) in [4.78, 5) is 72.2. The molecule has 0 spiro atoms. The number of alkyl carbamates (subject to hydrolysis) is 1. The minimum absolute atomic E-state index is 0.0256. The van der Waals surface area contributed by atoms with E-state index in [9.17, 15) is 24.0 Å². The molecule has 13 heteroatoms. The van der Waals surface area contributed by atoms with Crippen LogP contribution in [0.25, 0.3) is 11.1 Å². The molecule has 1 heterocycles. The molecule has 0 saturated carbocycles. The van der Waals surface area contributed by atoms with Gasteiger partial charge in [-0.25, -0.2) is 9.78 Å². The largest absolute Gasteiger partial charge is 0.449 e. The Labute approximate surface area is 289 Å². The molecule has 13 nitrogen and oxygen atoms in total. The highest BCUT2D eigenvalue weighted by molar-refractivity contribution is 5.97. The Bertz CT molecular complexity index is 1800. The van der Waals surface area contributed by atoms with Gasteiger partial charge in [0.1, 0.15) is 30.3 Å². The van der Waals surface area contributed by atoms with Crippen molar-refractivity contribution in [3.63, 3.8) is 0 Å². The number of nitrogens with two attached hydrogens (primary N) is 1. The van der Waals surface area contributed by atoms with Crippen molar-refractivity contribution in [1.82, 2.24) is 31.2 Å². The Morgan fingerprint density at radius 2 is 1.42 bits per heavy atom. The maximum absolute atomic E-state index is 13.7. The number of benzene rings is 3. The molecule has 0 bridgehead atoms. The molecular weight excluding hydrogens is 638 g/mol. The second kappa shape index (κ2) is 15.5. The van der Waals surface area contributed by atoms with Crippen LogP contribution in [0.2, 0.25) is 0 Å². The number of nitrogens with one attached hydrogen (secondary N) is 5. The van der Waals surface area contributed by atoms with Crippen LogP contribution in [0.4, 0.5) is 4.79 Å². The number of aromatic nitrogens is 2. The molecule has 5 amide bonds. The normalized spacial score (nSPS) is 13.9. The third-order valence-corrected chi connectivity index (χ3v) is 8.62. The first-order valence-electron chi connectivity index (χ1n) is 16.3. The lowest BCUT2D eigenvalue weighted by atomic mass is 9.98. The summed E-state index contributed by atoms with van der Waals surface area (Å²) in [5.74, 6) is -2.87. The average molecular weight is 680 g/mol. The van der Waals surface area contributed by atoms with Crippen LogP contribution in [0.3, 0.4) is 0 Å². The predicted molar refractivity (Wildman–Crippen MR) is 185 cm³/mol. The molecule has 260 valence electrons. The van der Waals surface area contributed by atoms with Crippen LogP contribution < -0.4 is 27.0 Å². The van der Waals surface area contributed by atoms with Crippen molar-refractivity contribution in [1.29, 1.82) is 0 Å². The summed E-state index contributed by atoms with van der Waals surface area (Å²) >= 11 is 0. The van der Waals surface area contributed by atoms with Crippen LogP contribution >= 0.6 is 0 Å². The van der Waals surface area contributed by atoms with Crippen molar-refractivity contribution in [3.05, 3.63) is 114 Å². The highest BCUT2D eigenvalue weighted by atomic mass is 16.5. The van der Waals surface area contributed by atoms with E-state index in [1.54, 1.807) is 24.3 Å². The fourth-order valence-electron chi connectivity index (χ4n) is 5.84. The molecule has 7 N–H and O–H groups in total. The molecule has 4 aromatic rings. The van der Waals surface area contributed by atoms with E-state index < -0.39 is 53.4 Å². The van der Waals surface area contributed by atoms with Crippen LogP contribution in [0.1, 0.15) is 49.1 Å². The van der Waals surface area contributed by atoms with Crippen LogP contribution in [0, 0.1) is 0 Å². The van der Waals surface area contributed by atoms with Crippen LogP contribution in [0.5, 0.6) is 0 Å². The van der Waals surface area contributed by atoms with Crippen molar-refractivity contribution in [2.75, 3.05) is 6.61 Å². The van der Waals surface area contributed by atoms with Gasteiger partial charge < -0.3 is 36.7 Å². The lowest BCUT2D eigenvalue weighted by molar-refractivity contribution is -0.136. The second-order valence-electron chi connectivity index (χ2n) is 12.8. The second-order valence-corrected chi connectivity index (χ2v) is 12.8. The van der Waals surface area contributed by atoms with E-state index in [1.165, 1.54) is 33.3 Å². The number of imidazole rings is 1. The predicted octanol–water partition coefficient (Wildman–Crippen LogP) is 2.47. The van der Waals surface area contributed by atoms with E-state index in [2.05, 4.69) is 31.2 Å². The quantitative estimate of drug-likeness (QED) is 0.118. The zero-order valence-electron chi connectivity index (χ0n) is 28.1. The monoisotopic (exact) mass is 679 g/mol.